The summed E-state index contributed by atoms with van der Waals surface area (Å²) >= 11 is 0. The number of carbonyl (C=O) groups is 1. The largest absolute Gasteiger partial charge is 0.455 e. The van der Waals surface area contributed by atoms with E-state index in [-0.39, 0.29) is 22.2 Å². The first kappa shape index (κ1) is 26.8. The molecule has 0 unspecified atom stereocenters. The molecule has 11 heteroatoms. The molecule has 3 aromatic heterocycles. The normalized spacial score (nSPS) is 12.1. The van der Waals surface area contributed by atoms with Gasteiger partial charge < -0.3 is 24.2 Å². The molecule has 0 spiro atoms. The highest BCUT2D eigenvalue weighted by Crippen LogP contribution is 2.38. The van der Waals surface area contributed by atoms with Crippen molar-refractivity contribution < 1.29 is 22.7 Å². The van der Waals surface area contributed by atoms with E-state index in [4.69, 9.17) is 4.74 Å². The van der Waals surface area contributed by atoms with Crippen molar-refractivity contribution in [2.24, 2.45) is 14.1 Å². The zero-order chi connectivity index (χ0) is 28.2. The van der Waals surface area contributed by atoms with Crippen molar-refractivity contribution in [3.05, 3.63) is 80.3 Å². The van der Waals surface area contributed by atoms with E-state index in [0.29, 0.717) is 22.6 Å². The van der Waals surface area contributed by atoms with Gasteiger partial charge in [-0.25, -0.2) is 0 Å². The number of aromatic nitrogens is 3. The molecule has 4 rings (SSSR count). The van der Waals surface area contributed by atoms with Gasteiger partial charge in [-0.2, -0.15) is 13.2 Å². The molecule has 0 aliphatic rings. The molecule has 200 valence electrons. The van der Waals surface area contributed by atoms with Gasteiger partial charge in [-0.3, -0.25) is 14.4 Å². The second-order valence-electron chi connectivity index (χ2n) is 9.83. The average molecular weight is 529 g/mol. The molecule has 0 aliphatic carbocycles. The van der Waals surface area contributed by atoms with Crippen LogP contribution in [0.2, 0.25) is 0 Å². The van der Waals surface area contributed by atoms with Crippen LogP contribution >= 0.6 is 0 Å². The topological polar surface area (TPSA) is 98.1 Å². The fraction of sp³-hybridized carbons (Fsp3) is 0.296. The lowest BCUT2D eigenvalue weighted by Crippen LogP contribution is -2.54. The van der Waals surface area contributed by atoms with E-state index in [1.54, 1.807) is 7.05 Å². The maximum absolute atomic E-state index is 13.3. The Morgan fingerprint density at radius 1 is 0.974 bits per heavy atom. The Bertz CT molecular complexity index is 1670. The highest BCUT2D eigenvalue weighted by Gasteiger charge is 2.48. The summed E-state index contributed by atoms with van der Waals surface area (Å²) in [5, 5.41) is 2.21. The number of halogens is 3. The van der Waals surface area contributed by atoms with Gasteiger partial charge in [0.1, 0.15) is 22.5 Å². The van der Waals surface area contributed by atoms with Gasteiger partial charge in [-0.15, -0.1) is 0 Å². The van der Waals surface area contributed by atoms with Crippen LogP contribution in [0.5, 0.6) is 11.5 Å². The molecule has 0 atom stereocenters. The summed E-state index contributed by atoms with van der Waals surface area (Å²) in [7, 11) is 3.06. The quantitative estimate of drug-likeness (QED) is 0.392. The summed E-state index contributed by atoms with van der Waals surface area (Å²) in [5.41, 5.74) is -1.14. The van der Waals surface area contributed by atoms with Crippen molar-refractivity contribution in [2.75, 3.05) is 0 Å². The molecule has 1 amide bonds. The number of carbonyl (C=O) groups excluding carboxylic acids is 1. The van der Waals surface area contributed by atoms with Crippen LogP contribution in [-0.4, -0.2) is 31.7 Å². The SMILES string of the molecule is Cc1cccc(C)c1Oc1cn(C)c(=O)cc1-c1cn(C)c(=O)c2[nH]c(C(=O)NC(C)(C)C(F)(F)F)cc12. The number of hydrogen-bond donors (Lipinski definition) is 2. The van der Waals surface area contributed by atoms with Gasteiger partial charge in [0, 0.05) is 42.9 Å². The van der Waals surface area contributed by atoms with Gasteiger partial charge in [0.25, 0.3) is 17.0 Å². The van der Waals surface area contributed by atoms with Crippen LogP contribution in [0.4, 0.5) is 13.2 Å². The summed E-state index contributed by atoms with van der Waals surface area (Å²) in [5.74, 6) is -0.126. The monoisotopic (exact) mass is 528 g/mol. The lowest BCUT2D eigenvalue weighted by atomic mass is 10.0. The van der Waals surface area contributed by atoms with Crippen LogP contribution in [0, 0.1) is 13.8 Å². The first-order valence-corrected chi connectivity index (χ1v) is 11.7. The van der Waals surface area contributed by atoms with Gasteiger partial charge >= 0.3 is 6.18 Å². The van der Waals surface area contributed by atoms with E-state index >= 15 is 0 Å². The number of nitrogens with zero attached hydrogens (tertiary/aromatic N) is 2. The Balaban J connectivity index is 1.92. The number of aromatic amines is 1. The Morgan fingerprint density at radius 3 is 2.21 bits per heavy atom. The average Bonchev–Trinajstić information content (AvgIpc) is 3.26. The van der Waals surface area contributed by atoms with Crippen molar-refractivity contribution in [1.82, 2.24) is 19.4 Å². The fourth-order valence-corrected chi connectivity index (χ4v) is 4.06. The number of pyridine rings is 2. The van der Waals surface area contributed by atoms with E-state index < -0.39 is 23.2 Å². The molecule has 3 heterocycles. The molecule has 0 saturated carbocycles. The summed E-state index contributed by atoms with van der Waals surface area (Å²) in [6.07, 6.45) is -1.68. The number of para-hydroxylation sites is 1. The van der Waals surface area contributed by atoms with Crippen molar-refractivity contribution in [2.45, 2.75) is 39.4 Å². The van der Waals surface area contributed by atoms with Gasteiger partial charge in [0.2, 0.25) is 0 Å². The number of amides is 1. The van der Waals surface area contributed by atoms with Crippen LogP contribution in [0.15, 0.2) is 52.3 Å². The van der Waals surface area contributed by atoms with Crippen LogP contribution in [-0.2, 0) is 14.1 Å². The lowest BCUT2D eigenvalue weighted by Gasteiger charge is -2.28. The van der Waals surface area contributed by atoms with Gasteiger partial charge in [-0.05, 0) is 44.9 Å². The van der Waals surface area contributed by atoms with Crippen molar-refractivity contribution >= 4 is 16.8 Å². The molecule has 2 N–H and O–H groups in total. The molecule has 8 nitrogen and oxygen atoms in total. The first-order valence-electron chi connectivity index (χ1n) is 11.7. The van der Waals surface area contributed by atoms with E-state index in [1.165, 1.54) is 40.7 Å². The highest BCUT2D eigenvalue weighted by molar-refractivity contribution is 6.03. The third kappa shape index (κ3) is 4.71. The van der Waals surface area contributed by atoms with Gasteiger partial charge in [-0.1, -0.05) is 18.2 Å². The lowest BCUT2D eigenvalue weighted by molar-refractivity contribution is -0.182. The van der Waals surface area contributed by atoms with Crippen molar-refractivity contribution in [3.63, 3.8) is 0 Å². The molecule has 0 radical (unpaired) electrons. The predicted molar refractivity (Wildman–Crippen MR) is 138 cm³/mol. The fourth-order valence-electron chi connectivity index (χ4n) is 4.06. The maximum Gasteiger partial charge on any atom is 0.410 e. The van der Waals surface area contributed by atoms with E-state index in [0.717, 1.165) is 25.0 Å². The zero-order valence-electron chi connectivity index (χ0n) is 21.7. The summed E-state index contributed by atoms with van der Waals surface area (Å²) in [4.78, 5) is 41.0. The molecule has 0 fully saturated rings. The Hall–Kier alpha value is -4.28. The van der Waals surface area contributed by atoms with Gasteiger partial charge in [0.05, 0.1) is 6.20 Å². The minimum Gasteiger partial charge on any atom is -0.455 e. The summed E-state index contributed by atoms with van der Waals surface area (Å²) in [6, 6.07) is 8.31. The molecule has 0 saturated heterocycles. The number of alkyl halides is 3. The third-order valence-electron chi connectivity index (χ3n) is 6.45. The second kappa shape index (κ2) is 9.23. The number of fused-ring (bicyclic) bond motifs is 1. The summed E-state index contributed by atoms with van der Waals surface area (Å²) < 4.78 is 48.9. The molecule has 4 aromatic rings. The number of H-pyrrole nitrogens is 1. The number of ether oxygens (including phenoxy) is 1. The standard InChI is InChI=1S/C27H27F3N4O4/c1-14-8-7-9-15(2)23(14)38-20-13-33(5)21(35)11-16(20)18-12-34(6)25(37)22-17(18)10-19(31-22)24(36)32-26(3,4)27(28,29)30/h7-13,31H,1-6H3,(H,32,36). The summed E-state index contributed by atoms with van der Waals surface area (Å²) in [6.45, 7) is 5.45. The van der Waals surface area contributed by atoms with Crippen LogP contribution in [0.3, 0.4) is 0 Å². The number of rotatable bonds is 5. The number of aryl methyl sites for hydroxylation is 4. The number of nitrogens with one attached hydrogen (secondary N) is 2. The predicted octanol–water partition coefficient (Wildman–Crippen LogP) is 4.71. The molecule has 38 heavy (non-hydrogen) atoms. The van der Waals surface area contributed by atoms with Crippen molar-refractivity contribution in [1.29, 1.82) is 0 Å². The molecule has 1 aromatic carbocycles. The maximum atomic E-state index is 13.3. The molecule has 0 bridgehead atoms. The van der Waals surface area contributed by atoms with Crippen molar-refractivity contribution in [3.8, 4) is 22.6 Å². The highest BCUT2D eigenvalue weighted by atomic mass is 19.4. The Kier molecular flexibility index (Phi) is 6.50. The van der Waals surface area contributed by atoms with Crippen LogP contribution < -0.4 is 21.2 Å². The minimum atomic E-state index is -4.69. The van der Waals surface area contributed by atoms with E-state index in [2.05, 4.69) is 4.98 Å². The number of benzene rings is 1. The third-order valence-corrected chi connectivity index (χ3v) is 6.45. The zero-order valence-corrected chi connectivity index (χ0v) is 21.7. The van der Waals surface area contributed by atoms with E-state index in [1.807, 2.05) is 37.4 Å². The smallest absolute Gasteiger partial charge is 0.410 e. The number of hydrogen-bond acceptors (Lipinski definition) is 4. The van der Waals surface area contributed by atoms with Gasteiger partial charge in [0.15, 0.2) is 5.75 Å². The minimum absolute atomic E-state index is 0.00124. The van der Waals surface area contributed by atoms with E-state index in [9.17, 15) is 27.6 Å². The Morgan fingerprint density at radius 2 is 1.61 bits per heavy atom. The molecular formula is C27H27F3N4O4. The van der Waals surface area contributed by atoms with Crippen LogP contribution in [0.25, 0.3) is 22.0 Å². The Labute approximate surface area is 215 Å². The molecule has 0 aliphatic heterocycles. The second-order valence-corrected chi connectivity index (χ2v) is 9.83. The first-order chi connectivity index (χ1) is 17.6. The molecular weight excluding hydrogens is 501 g/mol. The van der Waals surface area contributed by atoms with Crippen LogP contribution in [0.1, 0.15) is 35.5 Å².